The van der Waals surface area contributed by atoms with Gasteiger partial charge in [0.1, 0.15) is 6.04 Å². The summed E-state index contributed by atoms with van der Waals surface area (Å²) in [6, 6.07) is 1.65. The third-order valence-corrected chi connectivity index (χ3v) is 3.01. The number of aromatic carboxylic acids is 1. The Morgan fingerprint density at radius 1 is 1.38 bits per heavy atom. The van der Waals surface area contributed by atoms with Crippen molar-refractivity contribution in [2.24, 2.45) is 0 Å². The van der Waals surface area contributed by atoms with Crippen LogP contribution in [0.3, 0.4) is 0 Å². The summed E-state index contributed by atoms with van der Waals surface area (Å²) >= 11 is 0. The molecule has 0 fully saturated rings. The highest BCUT2D eigenvalue weighted by atomic mass is 16.6. The lowest BCUT2D eigenvalue weighted by molar-refractivity contribution is -0.385. The van der Waals surface area contributed by atoms with E-state index in [1.165, 1.54) is 17.9 Å². The van der Waals surface area contributed by atoms with Crippen LogP contribution < -0.4 is 5.32 Å². The summed E-state index contributed by atoms with van der Waals surface area (Å²) in [7, 11) is 3.17. The number of hydrogen-bond acceptors (Lipinski definition) is 5. The maximum atomic E-state index is 11.8. The quantitative estimate of drug-likeness (QED) is 0.628. The van der Waals surface area contributed by atoms with E-state index < -0.39 is 16.9 Å². The van der Waals surface area contributed by atoms with Crippen LogP contribution in [0.4, 0.5) is 11.4 Å². The van der Waals surface area contributed by atoms with Crippen molar-refractivity contribution >= 4 is 23.3 Å². The Morgan fingerprint density at radius 2 is 1.95 bits per heavy atom. The zero-order valence-electron chi connectivity index (χ0n) is 12.2. The van der Waals surface area contributed by atoms with E-state index in [-0.39, 0.29) is 28.4 Å². The molecule has 0 saturated heterocycles. The zero-order valence-corrected chi connectivity index (χ0v) is 12.2. The topological polar surface area (TPSA) is 113 Å². The Labute approximate surface area is 121 Å². The van der Waals surface area contributed by atoms with E-state index in [0.29, 0.717) is 0 Å². The zero-order chi connectivity index (χ0) is 16.3. The van der Waals surface area contributed by atoms with Crippen molar-refractivity contribution in [2.75, 3.05) is 19.4 Å². The highest BCUT2D eigenvalue weighted by Gasteiger charge is 2.22. The monoisotopic (exact) mass is 295 g/mol. The molecule has 1 amide bonds. The SMILES string of the molecule is Cc1c(NC(C)C(=O)N(C)C)cc(C(=O)O)cc1[N+](=O)[O-]. The lowest BCUT2D eigenvalue weighted by Gasteiger charge is -2.20. The molecule has 0 bridgehead atoms. The summed E-state index contributed by atoms with van der Waals surface area (Å²) in [5.74, 6) is -1.49. The maximum absolute atomic E-state index is 11.8. The molecule has 8 heteroatoms. The number of anilines is 1. The van der Waals surface area contributed by atoms with E-state index in [1.54, 1.807) is 21.0 Å². The molecule has 1 aromatic carbocycles. The van der Waals surface area contributed by atoms with Gasteiger partial charge in [-0.1, -0.05) is 0 Å². The number of hydrogen-bond donors (Lipinski definition) is 2. The second kappa shape index (κ2) is 6.21. The first kappa shape index (κ1) is 16.4. The molecule has 0 spiro atoms. The first-order valence-corrected chi connectivity index (χ1v) is 6.15. The number of amides is 1. The fourth-order valence-electron chi connectivity index (χ4n) is 1.84. The van der Waals surface area contributed by atoms with Crippen LogP contribution in [0.2, 0.25) is 0 Å². The van der Waals surface area contributed by atoms with E-state index in [2.05, 4.69) is 5.32 Å². The van der Waals surface area contributed by atoms with Crippen LogP contribution in [-0.2, 0) is 4.79 Å². The summed E-state index contributed by atoms with van der Waals surface area (Å²) in [5.41, 5.74) is 0.0221. The number of nitrogens with one attached hydrogen (secondary N) is 1. The summed E-state index contributed by atoms with van der Waals surface area (Å²) in [6.07, 6.45) is 0. The fourth-order valence-corrected chi connectivity index (χ4v) is 1.84. The van der Waals surface area contributed by atoms with Crippen LogP contribution >= 0.6 is 0 Å². The summed E-state index contributed by atoms with van der Waals surface area (Å²) in [6.45, 7) is 3.10. The number of nitrogens with zero attached hydrogens (tertiary/aromatic N) is 2. The van der Waals surface area contributed by atoms with Crippen molar-refractivity contribution in [3.05, 3.63) is 33.4 Å². The number of carbonyl (C=O) groups excluding carboxylic acids is 1. The number of rotatable bonds is 5. The second-order valence-electron chi connectivity index (χ2n) is 4.83. The van der Waals surface area contributed by atoms with Crippen LogP contribution in [0, 0.1) is 17.0 Å². The molecular formula is C13H17N3O5. The van der Waals surface area contributed by atoms with Crippen LogP contribution in [-0.4, -0.2) is 46.9 Å². The number of benzene rings is 1. The Hall–Kier alpha value is -2.64. The lowest BCUT2D eigenvalue weighted by atomic mass is 10.1. The molecule has 0 aliphatic heterocycles. The second-order valence-corrected chi connectivity index (χ2v) is 4.83. The van der Waals surface area contributed by atoms with Crippen molar-refractivity contribution in [3.8, 4) is 0 Å². The van der Waals surface area contributed by atoms with Gasteiger partial charge in [0.05, 0.1) is 10.5 Å². The van der Waals surface area contributed by atoms with Crippen LogP contribution in [0.25, 0.3) is 0 Å². The largest absolute Gasteiger partial charge is 0.478 e. The molecule has 0 radical (unpaired) electrons. The Balaban J connectivity index is 3.25. The molecule has 1 rings (SSSR count). The summed E-state index contributed by atoms with van der Waals surface area (Å²) in [4.78, 5) is 34.6. The van der Waals surface area contributed by atoms with Gasteiger partial charge in [0.25, 0.3) is 5.69 Å². The Bertz CT molecular complexity index is 598. The van der Waals surface area contributed by atoms with Gasteiger partial charge < -0.3 is 15.3 Å². The van der Waals surface area contributed by atoms with Gasteiger partial charge in [0.2, 0.25) is 5.91 Å². The number of carboxylic acids is 1. The van der Waals surface area contributed by atoms with Gasteiger partial charge in [-0.25, -0.2) is 4.79 Å². The minimum atomic E-state index is -1.27. The Morgan fingerprint density at radius 3 is 2.38 bits per heavy atom. The third kappa shape index (κ3) is 3.68. The Kier molecular flexibility index (Phi) is 4.85. The van der Waals surface area contributed by atoms with Crippen molar-refractivity contribution in [1.82, 2.24) is 4.90 Å². The molecule has 0 heterocycles. The van der Waals surface area contributed by atoms with Crippen LogP contribution in [0.15, 0.2) is 12.1 Å². The van der Waals surface area contributed by atoms with Gasteiger partial charge in [0.15, 0.2) is 0 Å². The minimum Gasteiger partial charge on any atom is -0.478 e. The van der Waals surface area contributed by atoms with Gasteiger partial charge in [-0.05, 0) is 19.9 Å². The van der Waals surface area contributed by atoms with E-state index in [1.807, 2.05) is 0 Å². The molecular weight excluding hydrogens is 278 g/mol. The van der Waals surface area contributed by atoms with Crippen molar-refractivity contribution < 1.29 is 19.6 Å². The van der Waals surface area contributed by atoms with E-state index in [0.717, 1.165) is 6.07 Å². The van der Waals surface area contributed by atoms with Crippen LogP contribution in [0.1, 0.15) is 22.8 Å². The molecule has 2 N–H and O–H groups in total. The van der Waals surface area contributed by atoms with E-state index in [9.17, 15) is 19.7 Å². The highest BCUT2D eigenvalue weighted by molar-refractivity contribution is 5.91. The predicted octanol–water partition coefficient (Wildman–Crippen LogP) is 1.49. The number of nitro benzene ring substituents is 1. The minimum absolute atomic E-state index is 0.209. The average Bonchev–Trinajstić information content (AvgIpc) is 2.39. The van der Waals surface area contributed by atoms with Gasteiger partial charge in [-0.15, -0.1) is 0 Å². The van der Waals surface area contributed by atoms with E-state index >= 15 is 0 Å². The molecule has 0 aliphatic rings. The number of likely N-dealkylation sites (N-methyl/N-ethyl adjacent to an activating group) is 1. The average molecular weight is 295 g/mol. The maximum Gasteiger partial charge on any atom is 0.336 e. The van der Waals surface area contributed by atoms with E-state index in [4.69, 9.17) is 5.11 Å². The molecule has 8 nitrogen and oxygen atoms in total. The molecule has 1 aromatic rings. The number of carboxylic acid groups (broad SMARTS) is 1. The standard InChI is InChI=1S/C13H17N3O5/c1-7-10(14-8(2)12(17)15(3)4)5-9(13(18)19)6-11(7)16(20)21/h5-6,8,14H,1-4H3,(H,18,19). The first-order chi connectivity index (χ1) is 9.65. The smallest absolute Gasteiger partial charge is 0.336 e. The molecule has 0 aliphatic carbocycles. The highest BCUT2D eigenvalue weighted by Crippen LogP contribution is 2.28. The number of carbonyl (C=O) groups is 2. The van der Waals surface area contributed by atoms with Crippen molar-refractivity contribution in [1.29, 1.82) is 0 Å². The first-order valence-electron chi connectivity index (χ1n) is 6.15. The lowest BCUT2D eigenvalue weighted by Crippen LogP contribution is -2.36. The molecule has 114 valence electrons. The molecule has 0 aromatic heterocycles. The van der Waals surface area contributed by atoms with Gasteiger partial charge in [0, 0.05) is 31.4 Å². The van der Waals surface area contributed by atoms with Gasteiger partial charge in [-0.2, -0.15) is 0 Å². The predicted molar refractivity (Wildman–Crippen MR) is 76.6 cm³/mol. The van der Waals surface area contributed by atoms with Crippen molar-refractivity contribution in [3.63, 3.8) is 0 Å². The molecule has 21 heavy (non-hydrogen) atoms. The molecule has 1 atom stereocenters. The normalized spacial score (nSPS) is 11.6. The fraction of sp³-hybridized carbons (Fsp3) is 0.385. The summed E-state index contributed by atoms with van der Waals surface area (Å²) < 4.78 is 0. The summed E-state index contributed by atoms with van der Waals surface area (Å²) in [5, 5.41) is 22.8. The van der Waals surface area contributed by atoms with Crippen molar-refractivity contribution in [2.45, 2.75) is 19.9 Å². The molecule has 0 saturated carbocycles. The van der Waals surface area contributed by atoms with Crippen LogP contribution in [0.5, 0.6) is 0 Å². The molecule has 1 unspecified atom stereocenters. The third-order valence-electron chi connectivity index (χ3n) is 3.01. The number of nitro groups is 1. The van der Waals surface area contributed by atoms with Gasteiger partial charge >= 0.3 is 5.97 Å². The van der Waals surface area contributed by atoms with Gasteiger partial charge in [-0.3, -0.25) is 14.9 Å².